The lowest BCUT2D eigenvalue weighted by molar-refractivity contribution is -0.123. The highest BCUT2D eigenvalue weighted by atomic mass is 16.7. The smallest absolute Gasteiger partial charge is 0.265 e. The molecule has 5 rings (SSSR count). The molecule has 9 heteroatoms. The molecule has 0 radical (unpaired) electrons. The van der Waals surface area contributed by atoms with Gasteiger partial charge in [-0.3, -0.25) is 14.4 Å². The molecular weight excluding hydrogens is 500 g/mol. The summed E-state index contributed by atoms with van der Waals surface area (Å²) in [5.74, 6) is 2.03. The molecule has 0 saturated heterocycles. The Morgan fingerprint density at radius 3 is 2.54 bits per heavy atom. The van der Waals surface area contributed by atoms with Gasteiger partial charge in [0.25, 0.3) is 5.91 Å². The number of ether oxygens (including phenoxy) is 4. The van der Waals surface area contributed by atoms with Crippen LogP contribution in [-0.4, -0.2) is 44.1 Å². The number of ketones is 1. The van der Waals surface area contributed by atoms with Gasteiger partial charge in [0.15, 0.2) is 30.5 Å². The normalized spacial score (nSPS) is 13.5. The fraction of sp³-hybridized carbons (Fsp3) is 0.300. The summed E-state index contributed by atoms with van der Waals surface area (Å²) in [5.41, 5.74) is 3.76. The zero-order valence-corrected chi connectivity index (χ0v) is 22.0. The summed E-state index contributed by atoms with van der Waals surface area (Å²) in [6.07, 6.45) is 0.693. The van der Waals surface area contributed by atoms with Gasteiger partial charge < -0.3 is 29.2 Å². The van der Waals surface area contributed by atoms with Gasteiger partial charge in [0.05, 0.1) is 5.69 Å². The number of aryl methyl sites for hydroxylation is 2. The van der Waals surface area contributed by atoms with Crippen molar-refractivity contribution in [3.05, 3.63) is 76.9 Å². The van der Waals surface area contributed by atoms with E-state index in [1.54, 1.807) is 23.1 Å². The highest BCUT2D eigenvalue weighted by Crippen LogP contribution is 2.34. The first kappa shape index (κ1) is 26.1. The van der Waals surface area contributed by atoms with E-state index in [2.05, 4.69) is 5.32 Å². The summed E-state index contributed by atoms with van der Waals surface area (Å²) in [4.78, 5) is 39.6. The number of nitrogens with zero attached hydrogens (tertiary/aromatic N) is 1. The second-order valence-corrected chi connectivity index (χ2v) is 9.52. The lowest BCUT2D eigenvalue weighted by Gasteiger charge is -2.29. The van der Waals surface area contributed by atoms with Crippen molar-refractivity contribution < 1.29 is 33.3 Å². The maximum absolute atomic E-state index is 12.9. The molecule has 0 aliphatic carbocycles. The summed E-state index contributed by atoms with van der Waals surface area (Å²) in [7, 11) is 0. The summed E-state index contributed by atoms with van der Waals surface area (Å²) < 4.78 is 22.1. The number of para-hydroxylation sites is 1. The van der Waals surface area contributed by atoms with E-state index < -0.39 is 0 Å². The number of carbonyl (C=O) groups excluding carboxylic acids is 3. The van der Waals surface area contributed by atoms with E-state index in [-0.39, 0.29) is 44.0 Å². The number of hydrogen-bond donors (Lipinski definition) is 1. The molecule has 0 spiro atoms. The summed E-state index contributed by atoms with van der Waals surface area (Å²) in [6.45, 7) is 4.54. The molecule has 0 bridgehead atoms. The van der Waals surface area contributed by atoms with Crippen LogP contribution in [0.25, 0.3) is 0 Å². The number of carbonyl (C=O) groups is 3. The first-order chi connectivity index (χ1) is 18.9. The number of amides is 2. The maximum Gasteiger partial charge on any atom is 0.265 e. The monoisotopic (exact) mass is 530 g/mol. The average molecular weight is 531 g/mol. The third-order valence-electron chi connectivity index (χ3n) is 6.69. The van der Waals surface area contributed by atoms with Crippen LogP contribution in [0.5, 0.6) is 23.0 Å². The van der Waals surface area contributed by atoms with Crippen LogP contribution in [0.15, 0.2) is 54.6 Å². The van der Waals surface area contributed by atoms with Crippen LogP contribution in [0.3, 0.4) is 0 Å². The van der Waals surface area contributed by atoms with Crippen LogP contribution >= 0.6 is 0 Å². The Morgan fingerprint density at radius 2 is 1.72 bits per heavy atom. The van der Waals surface area contributed by atoms with Crippen molar-refractivity contribution in [2.75, 3.05) is 31.5 Å². The second kappa shape index (κ2) is 11.5. The van der Waals surface area contributed by atoms with Gasteiger partial charge in [-0.2, -0.15) is 0 Å². The maximum atomic E-state index is 12.9. The Bertz CT molecular complexity index is 1400. The van der Waals surface area contributed by atoms with Crippen molar-refractivity contribution in [3.63, 3.8) is 0 Å². The summed E-state index contributed by atoms with van der Waals surface area (Å²) in [6, 6.07) is 16.4. The van der Waals surface area contributed by atoms with E-state index in [9.17, 15) is 14.4 Å². The zero-order chi connectivity index (χ0) is 27.4. The number of hydrogen-bond acceptors (Lipinski definition) is 7. The van der Waals surface area contributed by atoms with E-state index in [1.807, 2.05) is 50.2 Å². The van der Waals surface area contributed by atoms with Crippen LogP contribution in [0.1, 0.15) is 39.9 Å². The molecule has 0 atom stereocenters. The minimum absolute atomic E-state index is 0.0910. The van der Waals surface area contributed by atoms with Crippen molar-refractivity contribution in [1.82, 2.24) is 5.32 Å². The topological polar surface area (TPSA) is 103 Å². The molecule has 9 nitrogen and oxygen atoms in total. The largest absolute Gasteiger partial charge is 0.485 e. The number of Topliss-reactive ketones (excluding diaryl/α,β-unsaturated/α-hetero) is 1. The molecule has 2 aliphatic rings. The number of anilines is 1. The molecule has 2 heterocycles. The standard InChI is InChI=1S/C30H30N2O7/c1-19-5-3-6-20(2)30(19)37-16-24(33)22-9-11-25-23(14-22)32(29(35)17-36-25)12-4-7-28(34)31-15-21-8-10-26-27(13-21)39-18-38-26/h3,5-6,8-11,13-14H,4,7,12,15-18H2,1-2H3,(H,31,34). The van der Waals surface area contributed by atoms with E-state index in [0.717, 1.165) is 16.7 Å². The Labute approximate surface area is 226 Å². The Morgan fingerprint density at radius 1 is 0.949 bits per heavy atom. The quantitative estimate of drug-likeness (QED) is 0.394. The highest BCUT2D eigenvalue weighted by molar-refractivity contribution is 6.02. The van der Waals surface area contributed by atoms with Gasteiger partial charge in [-0.15, -0.1) is 0 Å². The van der Waals surface area contributed by atoms with Crippen molar-refractivity contribution in [2.45, 2.75) is 33.2 Å². The predicted octanol–water partition coefficient (Wildman–Crippen LogP) is 4.12. The summed E-state index contributed by atoms with van der Waals surface area (Å²) in [5, 5.41) is 2.90. The molecule has 2 aliphatic heterocycles. The lowest BCUT2D eigenvalue weighted by atomic mass is 10.1. The van der Waals surface area contributed by atoms with Crippen LogP contribution in [-0.2, 0) is 16.1 Å². The predicted molar refractivity (Wildman–Crippen MR) is 144 cm³/mol. The molecular formula is C30H30N2O7. The Hall–Kier alpha value is -4.53. The summed E-state index contributed by atoms with van der Waals surface area (Å²) >= 11 is 0. The van der Waals surface area contributed by atoms with Crippen molar-refractivity contribution >= 4 is 23.3 Å². The lowest BCUT2D eigenvalue weighted by Crippen LogP contribution is -2.40. The number of nitrogens with one attached hydrogen (secondary N) is 1. The van der Waals surface area contributed by atoms with Crippen molar-refractivity contribution in [3.8, 4) is 23.0 Å². The van der Waals surface area contributed by atoms with Crippen LogP contribution in [0, 0.1) is 13.8 Å². The molecule has 39 heavy (non-hydrogen) atoms. The zero-order valence-electron chi connectivity index (χ0n) is 22.0. The van der Waals surface area contributed by atoms with Crippen LogP contribution in [0.4, 0.5) is 5.69 Å². The van der Waals surface area contributed by atoms with Gasteiger partial charge in [0.1, 0.15) is 11.5 Å². The molecule has 0 aromatic heterocycles. The molecule has 202 valence electrons. The third-order valence-corrected chi connectivity index (χ3v) is 6.69. The van der Waals surface area contributed by atoms with Crippen LogP contribution in [0.2, 0.25) is 0 Å². The van der Waals surface area contributed by atoms with Gasteiger partial charge in [0.2, 0.25) is 12.7 Å². The first-order valence-electron chi connectivity index (χ1n) is 12.8. The molecule has 2 amide bonds. The van der Waals surface area contributed by atoms with Gasteiger partial charge >= 0.3 is 0 Å². The Balaban J connectivity index is 1.17. The van der Waals surface area contributed by atoms with Gasteiger partial charge in [-0.25, -0.2) is 0 Å². The fourth-order valence-corrected chi connectivity index (χ4v) is 4.61. The van der Waals surface area contributed by atoms with Crippen molar-refractivity contribution in [1.29, 1.82) is 0 Å². The highest BCUT2D eigenvalue weighted by Gasteiger charge is 2.26. The van der Waals surface area contributed by atoms with Gasteiger partial charge in [-0.1, -0.05) is 24.3 Å². The molecule has 0 saturated carbocycles. The Kier molecular flexibility index (Phi) is 7.67. The van der Waals surface area contributed by atoms with Gasteiger partial charge in [-0.05, 0) is 67.3 Å². The van der Waals surface area contributed by atoms with Crippen molar-refractivity contribution in [2.24, 2.45) is 0 Å². The third kappa shape index (κ3) is 5.98. The molecule has 3 aromatic carbocycles. The number of rotatable bonds is 10. The van der Waals surface area contributed by atoms with E-state index in [1.165, 1.54) is 0 Å². The number of benzene rings is 3. The van der Waals surface area contributed by atoms with Gasteiger partial charge in [0, 0.05) is 25.1 Å². The molecule has 3 aromatic rings. The molecule has 1 N–H and O–H groups in total. The van der Waals surface area contributed by atoms with E-state index in [0.29, 0.717) is 53.8 Å². The fourth-order valence-electron chi connectivity index (χ4n) is 4.61. The first-order valence-corrected chi connectivity index (χ1v) is 12.8. The molecule has 0 unspecified atom stereocenters. The van der Waals surface area contributed by atoms with E-state index in [4.69, 9.17) is 18.9 Å². The van der Waals surface area contributed by atoms with E-state index >= 15 is 0 Å². The minimum atomic E-state index is -0.223. The molecule has 0 fully saturated rings. The second-order valence-electron chi connectivity index (χ2n) is 9.52. The SMILES string of the molecule is Cc1cccc(C)c1OCC(=O)c1ccc2c(c1)N(CCCC(=O)NCc1ccc3c(c1)OCO3)C(=O)CO2. The average Bonchev–Trinajstić information content (AvgIpc) is 3.40. The number of fused-ring (bicyclic) bond motifs is 2. The van der Waals surface area contributed by atoms with Crippen LogP contribution < -0.4 is 29.2 Å². The minimum Gasteiger partial charge on any atom is -0.485 e.